The molecule has 1 aromatic rings. The molecule has 1 atom stereocenters. The standard InChI is InChI=1S/C18H30N2O.ClH/c1-17(2,3)12-9-13(15-11-19-7-8-20-15)16(21)14(10-12)18(4,5)6;/h9-10,15,19-21H,7-8,11H2,1-6H3;1H/t15-;/m1./s1. The number of halogens is 1. The first kappa shape index (κ1) is 19.3. The molecule has 126 valence electrons. The van der Waals surface area contributed by atoms with E-state index in [9.17, 15) is 5.11 Å². The molecule has 4 heteroatoms. The van der Waals surface area contributed by atoms with E-state index in [4.69, 9.17) is 0 Å². The molecule has 1 heterocycles. The van der Waals surface area contributed by atoms with Crippen LogP contribution in [0, 0.1) is 0 Å². The molecule has 1 fully saturated rings. The number of hydrogen-bond donors (Lipinski definition) is 3. The third-order valence-corrected chi connectivity index (χ3v) is 4.23. The van der Waals surface area contributed by atoms with Gasteiger partial charge in [-0.1, -0.05) is 47.6 Å². The van der Waals surface area contributed by atoms with Crippen molar-refractivity contribution in [2.45, 2.75) is 58.4 Å². The Bertz CT molecular complexity index is 509. The fourth-order valence-electron chi connectivity index (χ4n) is 2.80. The number of aromatic hydroxyl groups is 1. The second-order valence-corrected chi connectivity index (χ2v) is 8.17. The minimum absolute atomic E-state index is 0. The van der Waals surface area contributed by atoms with E-state index in [1.807, 2.05) is 0 Å². The van der Waals surface area contributed by atoms with Gasteiger partial charge in [0.15, 0.2) is 0 Å². The molecule has 0 amide bonds. The molecular weight excluding hydrogens is 296 g/mol. The molecular formula is C18H31ClN2O. The first-order valence-corrected chi connectivity index (χ1v) is 7.92. The van der Waals surface area contributed by atoms with E-state index in [1.165, 1.54) is 5.56 Å². The maximum absolute atomic E-state index is 10.8. The molecule has 0 saturated carbocycles. The first-order valence-electron chi connectivity index (χ1n) is 7.92. The van der Waals surface area contributed by atoms with Crippen LogP contribution in [0.2, 0.25) is 0 Å². The highest BCUT2D eigenvalue weighted by atomic mass is 35.5. The van der Waals surface area contributed by atoms with Crippen molar-refractivity contribution in [3.63, 3.8) is 0 Å². The van der Waals surface area contributed by atoms with E-state index in [0.29, 0.717) is 5.75 Å². The van der Waals surface area contributed by atoms with Crippen LogP contribution in [0.5, 0.6) is 5.75 Å². The Labute approximate surface area is 141 Å². The minimum atomic E-state index is -0.0673. The topological polar surface area (TPSA) is 44.3 Å². The lowest BCUT2D eigenvalue weighted by Gasteiger charge is -2.31. The van der Waals surface area contributed by atoms with Gasteiger partial charge in [-0.2, -0.15) is 0 Å². The van der Waals surface area contributed by atoms with E-state index in [-0.39, 0.29) is 29.3 Å². The molecule has 0 unspecified atom stereocenters. The Morgan fingerprint density at radius 3 is 2.09 bits per heavy atom. The van der Waals surface area contributed by atoms with Gasteiger partial charge in [0.1, 0.15) is 5.75 Å². The van der Waals surface area contributed by atoms with E-state index in [0.717, 1.165) is 30.8 Å². The minimum Gasteiger partial charge on any atom is -0.507 e. The van der Waals surface area contributed by atoms with Crippen LogP contribution in [0.4, 0.5) is 0 Å². The number of rotatable bonds is 1. The number of phenols is 1. The van der Waals surface area contributed by atoms with Crippen LogP contribution in [0.3, 0.4) is 0 Å². The smallest absolute Gasteiger partial charge is 0.124 e. The van der Waals surface area contributed by atoms with Crippen molar-refractivity contribution in [3.05, 3.63) is 28.8 Å². The summed E-state index contributed by atoms with van der Waals surface area (Å²) in [6.07, 6.45) is 0. The molecule has 0 aliphatic carbocycles. The summed E-state index contributed by atoms with van der Waals surface area (Å²) in [5.41, 5.74) is 3.36. The number of benzene rings is 1. The second-order valence-electron chi connectivity index (χ2n) is 8.17. The van der Waals surface area contributed by atoms with E-state index < -0.39 is 0 Å². The third-order valence-electron chi connectivity index (χ3n) is 4.23. The Hall–Kier alpha value is -0.770. The van der Waals surface area contributed by atoms with Gasteiger partial charge >= 0.3 is 0 Å². The predicted octanol–water partition coefficient (Wildman–Crippen LogP) is 3.64. The summed E-state index contributed by atoms with van der Waals surface area (Å²) in [5.74, 6) is 0.455. The van der Waals surface area contributed by atoms with Crippen molar-refractivity contribution in [2.75, 3.05) is 19.6 Å². The van der Waals surface area contributed by atoms with Crippen LogP contribution in [0.15, 0.2) is 12.1 Å². The normalized spacial score (nSPS) is 19.6. The Balaban J connectivity index is 0.00000242. The molecule has 3 N–H and O–H groups in total. The highest BCUT2D eigenvalue weighted by Crippen LogP contribution is 2.39. The maximum atomic E-state index is 10.8. The van der Waals surface area contributed by atoms with Crippen molar-refractivity contribution in [2.24, 2.45) is 0 Å². The average Bonchev–Trinajstić information content (AvgIpc) is 2.37. The monoisotopic (exact) mass is 326 g/mol. The van der Waals surface area contributed by atoms with E-state index in [2.05, 4.69) is 64.3 Å². The summed E-state index contributed by atoms with van der Waals surface area (Å²) in [4.78, 5) is 0. The van der Waals surface area contributed by atoms with Crippen LogP contribution in [0.1, 0.15) is 64.3 Å². The summed E-state index contributed by atoms with van der Waals surface area (Å²) < 4.78 is 0. The number of phenolic OH excluding ortho intramolecular Hbond substituents is 1. The van der Waals surface area contributed by atoms with Crippen LogP contribution in [-0.2, 0) is 10.8 Å². The van der Waals surface area contributed by atoms with Crippen LogP contribution in [0.25, 0.3) is 0 Å². The van der Waals surface area contributed by atoms with Crippen molar-refractivity contribution in [1.29, 1.82) is 0 Å². The molecule has 0 aromatic heterocycles. The lowest BCUT2D eigenvalue weighted by atomic mass is 9.78. The summed E-state index contributed by atoms with van der Waals surface area (Å²) >= 11 is 0. The van der Waals surface area contributed by atoms with Crippen molar-refractivity contribution in [3.8, 4) is 5.75 Å². The van der Waals surface area contributed by atoms with Gasteiger partial charge in [-0.3, -0.25) is 0 Å². The highest BCUT2D eigenvalue weighted by Gasteiger charge is 2.28. The van der Waals surface area contributed by atoms with Crippen molar-refractivity contribution >= 4 is 12.4 Å². The SMILES string of the molecule is CC(C)(C)c1cc([C@H]2CNCCN2)c(O)c(C(C)(C)C)c1.Cl. The largest absolute Gasteiger partial charge is 0.507 e. The Kier molecular flexibility index (Phi) is 5.94. The summed E-state index contributed by atoms with van der Waals surface area (Å²) in [7, 11) is 0. The Morgan fingerprint density at radius 1 is 1.00 bits per heavy atom. The molecule has 1 aliphatic rings. The van der Waals surface area contributed by atoms with Crippen LogP contribution < -0.4 is 10.6 Å². The predicted molar refractivity (Wildman–Crippen MR) is 96.4 cm³/mol. The zero-order chi connectivity index (χ0) is 15.8. The van der Waals surface area contributed by atoms with Gasteiger partial charge in [0.2, 0.25) is 0 Å². The summed E-state index contributed by atoms with van der Waals surface area (Å²) in [6, 6.07) is 4.53. The zero-order valence-corrected chi connectivity index (χ0v) is 15.5. The van der Waals surface area contributed by atoms with Gasteiger partial charge in [-0.05, 0) is 28.0 Å². The molecule has 1 aliphatic heterocycles. The average molecular weight is 327 g/mol. The molecule has 0 radical (unpaired) electrons. The number of piperazine rings is 1. The number of hydrogen-bond acceptors (Lipinski definition) is 3. The van der Waals surface area contributed by atoms with Gasteiger partial charge in [-0.15, -0.1) is 12.4 Å². The van der Waals surface area contributed by atoms with Crippen LogP contribution in [-0.4, -0.2) is 24.7 Å². The molecule has 22 heavy (non-hydrogen) atoms. The van der Waals surface area contributed by atoms with Gasteiger partial charge in [-0.25, -0.2) is 0 Å². The highest BCUT2D eigenvalue weighted by molar-refractivity contribution is 5.85. The Morgan fingerprint density at radius 2 is 1.64 bits per heavy atom. The van der Waals surface area contributed by atoms with Crippen LogP contribution >= 0.6 is 12.4 Å². The molecule has 1 saturated heterocycles. The number of nitrogens with one attached hydrogen (secondary N) is 2. The van der Waals surface area contributed by atoms with Gasteiger partial charge < -0.3 is 15.7 Å². The lowest BCUT2D eigenvalue weighted by molar-refractivity contribution is 0.393. The zero-order valence-electron chi connectivity index (χ0n) is 14.7. The maximum Gasteiger partial charge on any atom is 0.124 e. The molecule has 2 rings (SSSR count). The van der Waals surface area contributed by atoms with Gasteiger partial charge in [0.05, 0.1) is 0 Å². The van der Waals surface area contributed by atoms with E-state index >= 15 is 0 Å². The van der Waals surface area contributed by atoms with Crippen molar-refractivity contribution in [1.82, 2.24) is 10.6 Å². The molecule has 0 bridgehead atoms. The first-order chi connectivity index (χ1) is 9.60. The lowest BCUT2D eigenvalue weighted by Crippen LogP contribution is -2.42. The molecule has 0 spiro atoms. The summed E-state index contributed by atoms with van der Waals surface area (Å²) in [5, 5.41) is 17.7. The second kappa shape index (κ2) is 6.77. The third kappa shape index (κ3) is 4.15. The molecule has 1 aromatic carbocycles. The van der Waals surface area contributed by atoms with E-state index in [1.54, 1.807) is 0 Å². The summed E-state index contributed by atoms with van der Waals surface area (Å²) in [6.45, 7) is 15.9. The van der Waals surface area contributed by atoms with Gasteiger partial charge in [0, 0.05) is 31.2 Å². The molecule has 3 nitrogen and oxygen atoms in total. The fourth-order valence-corrected chi connectivity index (χ4v) is 2.80. The quantitative estimate of drug-likeness (QED) is 0.738. The van der Waals surface area contributed by atoms with Crippen molar-refractivity contribution < 1.29 is 5.11 Å². The fraction of sp³-hybridized carbons (Fsp3) is 0.667. The van der Waals surface area contributed by atoms with Gasteiger partial charge in [0.25, 0.3) is 0 Å².